The SMILES string of the molecule is CCCN1CCCC(O)(c2occc2Br)CC1. The van der Waals surface area contributed by atoms with Gasteiger partial charge >= 0.3 is 0 Å². The van der Waals surface area contributed by atoms with Gasteiger partial charge in [-0.15, -0.1) is 0 Å². The van der Waals surface area contributed by atoms with Gasteiger partial charge in [0.2, 0.25) is 0 Å². The van der Waals surface area contributed by atoms with Crippen LogP contribution in [0.2, 0.25) is 0 Å². The van der Waals surface area contributed by atoms with Crippen LogP contribution in [0.1, 0.15) is 38.4 Å². The van der Waals surface area contributed by atoms with E-state index in [1.165, 1.54) is 6.42 Å². The summed E-state index contributed by atoms with van der Waals surface area (Å²) in [5, 5.41) is 10.7. The summed E-state index contributed by atoms with van der Waals surface area (Å²) < 4.78 is 6.32. The topological polar surface area (TPSA) is 36.6 Å². The maximum atomic E-state index is 10.7. The molecule has 0 spiro atoms. The molecule has 1 atom stereocenters. The summed E-state index contributed by atoms with van der Waals surface area (Å²) in [7, 11) is 0. The van der Waals surface area contributed by atoms with E-state index in [1.807, 2.05) is 6.07 Å². The van der Waals surface area contributed by atoms with E-state index in [-0.39, 0.29) is 0 Å². The molecular formula is C13H20BrNO2. The van der Waals surface area contributed by atoms with Crippen LogP contribution < -0.4 is 0 Å². The third kappa shape index (κ3) is 2.92. The number of hydrogen-bond acceptors (Lipinski definition) is 3. The number of rotatable bonds is 3. The highest BCUT2D eigenvalue weighted by molar-refractivity contribution is 9.10. The molecule has 0 bridgehead atoms. The Morgan fingerprint density at radius 2 is 2.29 bits per heavy atom. The van der Waals surface area contributed by atoms with Crippen LogP contribution in [0.25, 0.3) is 0 Å². The molecular weight excluding hydrogens is 282 g/mol. The number of hydrogen-bond donors (Lipinski definition) is 1. The van der Waals surface area contributed by atoms with Gasteiger partial charge in [0.05, 0.1) is 10.7 Å². The van der Waals surface area contributed by atoms with Crippen LogP contribution in [0.5, 0.6) is 0 Å². The standard InChI is InChI=1S/C13H20BrNO2/c1-2-7-15-8-3-5-13(16,6-9-15)12-11(14)4-10-17-12/h4,10,16H,2-3,5-9H2,1H3. The average molecular weight is 302 g/mol. The van der Waals surface area contributed by atoms with E-state index in [0.29, 0.717) is 5.76 Å². The molecule has 1 fully saturated rings. The first kappa shape index (κ1) is 13.1. The number of aliphatic hydroxyl groups is 1. The van der Waals surface area contributed by atoms with Crippen LogP contribution >= 0.6 is 15.9 Å². The lowest BCUT2D eigenvalue weighted by Crippen LogP contribution is -2.29. The Hall–Kier alpha value is -0.320. The zero-order valence-electron chi connectivity index (χ0n) is 10.3. The molecule has 0 radical (unpaired) electrons. The van der Waals surface area contributed by atoms with Gasteiger partial charge in [-0.25, -0.2) is 0 Å². The Bertz CT molecular complexity index is 366. The second-order valence-electron chi connectivity index (χ2n) is 4.82. The van der Waals surface area contributed by atoms with E-state index < -0.39 is 5.60 Å². The zero-order valence-corrected chi connectivity index (χ0v) is 11.9. The van der Waals surface area contributed by atoms with Gasteiger partial charge in [0.15, 0.2) is 0 Å². The van der Waals surface area contributed by atoms with Crippen LogP contribution in [0.15, 0.2) is 21.2 Å². The first-order chi connectivity index (χ1) is 8.15. The number of nitrogens with zero attached hydrogens (tertiary/aromatic N) is 1. The quantitative estimate of drug-likeness (QED) is 0.932. The van der Waals surface area contributed by atoms with Gasteiger partial charge in [-0.2, -0.15) is 0 Å². The summed E-state index contributed by atoms with van der Waals surface area (Å²) >= 11 is 3.44. The normalized spacial score (nSPS) is 27.0. The summed E-state index contributed by atoms with van der Waals surface area (Å²) in [6.45, 7) is 5.33. The third-order valence-corrected chi connectivity index (χ3v) is 4.11. The summed E-state index contributed by atoms with van der Waals surface area (Å²) in [5.74, 6) is 0.691. The van der Waals surface area contributed by atoms with Crippen LogP contribution in [0, 0.1) is 0 Å². The van der Waals surface area contributed by atoms with Crippen molar-refractivity contribution in [2.75, 3.05) is 19.6 Å². The maximum Gasteiger partial charge on any atom is 0.149 e. The van der Waals surface area contributed by atoms with Gasteiger partial charge in [0.25, 0.3) is 0 Å². The van der Waals surface area contributed by atoms with Crippen LogP contribution in [-0.4, -0.2) is 29.6 Å². The molecule has 3 nitrogen and oxygen atoms in total. The Morgan fingerprint density at radius 3 is 2.94 bits per heavy atom. The predicted molar refractivity (Wildman–Crippen MR) is 70.9 cm³/mol. The minimum absolute atomic E-state index is 0.691. The van der Waals surface area contributed by atoms with Crippen LogP contribution in [0.4, 0.5) is 0 Å². The largest absolute Gasteiger partial charge is 0.465 e. The molecule has 1 aromatic heterocycles. The van der Waals surface area contributed by atoms with Crippen molar-refractivity contribution in [3.05, 3.63) is 22.6 Å². The summed E-state index contributed by atoms with van der Waals surface area (Å²) in [4.78, 5) is 2.43. The van der Waals surface area contributed by atoms with E-state index in [1.54, 1.807) is 6.26 Å². The molecule has 4 heteroatoms. The van der Waals surface area contributed by atoms with Gasteiger partial charge in [-0.05, 0) is 60.8 Å². The summed E-state index contributed by atoms with van der Waals surface area (Å²) in [5.41, 5.74) is -0.801. The van der Waals surface area contributed by atoms with Crippen molar-refractivity contribution in [2.45, 2.75) is 38.2 Å². The van der Waals surface area contributed by atoms with Crippen LogP contribution in [-0.2, 0) is 5.60 Å². The average Bonchev–Trinajstić information content (AvgIpc) is 2.64. The first-order valence-electron chi connectivity index (χ1n) is 6.34. The minimum Gasteiger partial charge on any atom is -0.465 e. The molecule has 0 aromatic carbocycles. The second-order valence-corrected chi connectivity index (χ2v) is 5.68. The molecule has 0 amide bonds. The molecule has 1 N–H and O–H groups in total. The highest BCUT2D eigenvalue weighted by Crippen LogP contribution is 2.37. The maximum absolute atomic E-state index is 10.7. The molecule has 96 valence electrons. The van der Waals surface area contributed by atoms with E-state index in [4.69, 9.17) is 4.42 Å². The smallest absolute Gasteiger partial charge is 0.149 e. The van der Waals surface area contributed by atoms with Crippen molar-refractivity contribution in [3.8, 4) is 0 Å². The minimum atomic E-state index is -0.801. The van der Waals surface area contributed by atoms with Gasteiger partial charge in [0.1, 0.15) is 11.4 Å². The van der Waals surface area contributed by atoms with E-state index >= 15 is 0 Å². The molecule has 1 unspecified atom stereocenters. The Balaban J connectivity index is 2.09. The molecule has 2 heterocycles. The molecule has 0 aliphatic carbocycles. The van der Waals surface area contributed by atoms with E-state index in [2.05, 4.69) is 27.8 Å². The Kier molecular flexibility index (Phi) is 4.28. The molecule has 1 aromatic rings. The Morgan fingerprint density at radius 1 is 1.47 bits per heavy atom. The fraction of sp³-hybridized carbons (Fsp3) is 0.692. The monoisotopic (exact) mass is 301 g/mol. The van der Waals surface area contributed by atoms with Gasteiger partial charge in [-0.3, -0.25) is 0 Å². The summed E-state index contributed by atoms with van der Waals surface area (Å²) in [6, 6.07) is 1.85. The van der Waals surface area contributed by atoms with Gasteiger partial charge in [0, 0.05) is 6.54 Å². The van der Waals surface area contributed by atoms with Crippen molar-refractivity contribution < 1.29 is 9.52 Å². The van der Waals surface area contributed by atoms with E-state index in [0.717, 1.165) is 43.4 Å². The molecule has 0 saturated carbocycles. The lowest BCUT2D eigenvalue weighted by Gasteiger charge is -2.25. The molecule has 1 aliphatic heterocycles. The fourth-order valence-electron chi connectivity index (χ4n) is 2.57. The fourth-order valence-corrected chi connectivity index (χ4v) is 3.14. The summed E-state index contributed by atoms with van der Waals surface area (Å²) in [6.07, 6.45) is 5.34. The highest BCUT2D eigenvalue weighted by Gasteiger charge is 2.36. The molecule has 17 heavy (non-hydrogen) atoms. The van der Waals surface area contributed by atoms with Crippen LogP contribution in [0.3, 0.4) is 0 Å². The van der Waals surface area contributed by atoms with Crippen molar-refractivity contribution in [1.82, 2.24) is 4.90 Å². The van der Waals surface area contributed by atoms with Gasteiger partial charge < -0.3 is 14.4 Å². The number of furan rings is 1. The molecule has 2 rings (SSSR count). The van der Waals surface area contributed by atoms with Gasteiger partial charge in [-0.1, -0.05) is 6.92 Å². The molecule has 1 aliphatic rings. The predicted octanol–water partition coefficient (Wildman–Crippen LogP) is 3.13. The Labute approximate surface area is 111 Å². The van der Waals surface area contributed by atoms with E-state index in [9.17, 15) is 5.11 Å². The third-order valence-electron chi connectivity index (χ3n) is 3.49. The van der Waals surface area contributed by atoms with Crippen molar-refractivity contribution >= 4 is 15.9 Å². The highest BCUT2D eigenvalue weighted by atomic mass is 79.9. The van der Waals surface area contributed by atoms with Crippen molar-refractivity contribution in [3.63, 3.8) is 0 Å². The molecule has 1 saturated heterocycles. The lowest BCUT2D eigenvalue weighted by atomic mass is 9.92. The first-order valence-corrected chi connectivity index (χ1v) is 7.13. The number of likely N-dealkylation sites (tertiary alicyclic amines) is 1. The van der Waals surface area contributed by atoms with Crippen molar-refractivity contribution in [1.29, 1.82) is 0 Å². The lowest BCUT2D eigenvalue weighted by molar-refractivity contribution is -0.000405. The van der Waals surface area contributed by atoms with Crippen molar-refractivity contribution in [2.24, 2.45) is 0 Å². The zero-order chi connectivity index (χ0) is 12.3. The second kappa shape index (κ2) is 5.55. The number of halogens is 1.